The highest BCUT2D eigenvalue weighted by molar-refractivity contribution is 8.07. The summed E-state index contributed by atoms with van der Waals surface area (Å²) >= 11 is 4.70. The Bertz CT molecular complexity index is 303. The van der Waals surface area contributed by atoms with Crippen molar-refractivity contribution in [1.29, 1.82) is 0 Å². The second-order valence-electron chi connectivity index (χ2n) is 4.19. The Morgan fingerprint density at radius 3 is 2.68 bits per heavy atom. The lowest BCUT2D eigenvalue weighted by Gasteiger charge is -2.18. The highest BCUT2D eigenvalue weighted by Crippen LogP contribution is 2.42. The third-order valence-electron chi connectivity index (χ3n) is 2.64. The summed E-state index contributed by atoms with van der Waals surface area (Å²) in [4.78, 5) is 20.4. The molecule has 6 nitrogen and oxygen atoms in total. The van der Waals surface area contributed by atoms with E-state index in [-0.39, 0.29) is 25.0 Å². The van der Waals surface area contributed by atoms with Crippen molar-refractivity contribution < 1.29 is 23.8 Å². The summed E-state index contributed by atoms with van der Waals surface area (Å²) in [5, 5.41) is 12.0. The molecule has 0 radical (unpaired) electrons. The van der Waals surface area contributed by atoms with Gasteiger partial charge in [-0.1, -0.05) is 13.3 Å². The van der Waals surface area contributed by atoms with Crippen molar-refractivity contribution in [2.24, 2.45) is 5.92 Å². The first-order valence-electron chi connectivity index (χ1n) is 6.35. The summed E-state index contributed by atoms with van der Waals surface area (Å²) in [7, 11) is 1.30. The molecule has 0 aromatic rings. The number of amides is 1. The third-order valence-corrected chi connectivity index (χ3v) is 4.34. The molecule has 114 valence electrons. The average Bonchev–Trinajstić information content (AvgIpc) is 2.41. The van der Waals surface area contributed by atoms with Gasteiger partial charge in [0.05, 0.1) is 6.61 Å². The minimum atomic E-state index is -3.14. The van der Waals surface area contributed by atoms with Gasteiger partial charge in [-0.3, -0.25) is 4.79 Å². The third kappa shape index (κ3) is 10.4. The molecule has 0 heterocycles. The van der Waals surface area contributed by atoms with Crippen LogP contribution in [-0.4, -0.2) is 42.8 Å². The van der Waals surface area contributed by atoms with Crippen molar-refractivity contribution in [2.45, 2.75) is 32.6 Å². The van der Waals surface area contributed by atoms with Crippen molar-refractivity contribution in [1.82, 2.24) is 5.32 Å². The second kappa shape index (κ2) is 10.7. The van der Waals surface area contributed by atoms with Gasteiger partial charge in [-0.05, 0) is 24.6 Å². The SMILES string of the molecule is CCC(=O)NCCCCC(CO)COP(O)(=S)OC. The van der Waals surface area contributed by atoms with Crippen LogP contribution in [0.4, 0.5) is 0 Å². The molecular formula is C11H24NO5PS. The number of hydrogen-bond donors (Lipinski definition) is 3. The van der Waals surface area contributed by atoms with Crippen molar-refractivity contribution in [3.05, 3.63) is 0 Å². The molecule has 0 aliphatic rings. The maximum absolute atomic E-state index is 11.0. The molecule has 0 aromatic carbocycles. The van der Waals surface area contributed by atoms with Crippen LogP contribution in [0.25, 0.3) is 0 Å². The van der Waals surface area contributed by atoms with Gasteiger partial charge in [0.25, 0.3) is 0 Å². The van der Waals surface area contributed by atoms with Gasteiger partial charge in [-0.15, -0.1) is 0 Å². The summed E-state index contributed by atoms with van der Waals surface area (Å²) in [5.41, 5.74) is 0. The second-order valence-corrected chi connectivity index (χ2v) is 7.14. The van der Waals surface area contributed by atoms with Crippen LogP contribution in [0.2, 0.25) is 0 Å². The molecule has 0 saturated heterocycles. The van der Waals surface area contributed by atoms with Crippen molar-refractivity contribution in [3.8, 4) is 0 Å². The topological polar surface area (TPSA) is 88.0 Å². The molecule has 0 rings (SSSR count). The van der Waals surface area contributed by atoms with E-state index in [1.807, 2.05) is 6.92 Å². The van der Waals surface area contributed by atoms with E-state index < -0.39 is 6.72 Å². The van der Waals surface area contributed by atoms with E-state index in [0.29, 0.717) is 13.0 Å². The highest BCUT2D eigenvalue weighted by Gasteiger charge is 2.16. The van der Waals surface area contributed by atoms with Gasteiger partial charge < -0.3 is 24.4 Å². The smallest absolute Gasteiger partial charge is 0.324 e. The Labute approximate surface area is 119 Å². The summed E-state index contributed by atoms with van der Waals surface area (Å²) in [6.07, 6.45) is 2.95. The van der Waals surface area contributed by atoms with Gasteiger partial charge in [0.2, 0.25) is 5.91 Å². The fourth-order valence-corrected chi connectivity index (χ4v) is 2.08. The first-order chi connectivity index (χ1) is 8.95. The molecular weight excluding hydrogens is 289 g/mol. The Morgan fingerprint density at radius 1 is 1.47 bits per heavy atom. The Balaban J connectivity index is 3.71. The van der Waals surface area contributed by atoms with Gasteiger partial charge in [0.15, 0.2) is 0 Å². The van der Waals surface area contributed by atoms with Crippen molar-refractivity contribution in [3.63, 3.8) is 0 Å². The number of hydrogen-bond acceptors (Lipinski definition) is 5. The van der Waals surface area contributed by atoms with Gasteiger partial charge in [0.1, 0.15) is 0 Å². The number of rotatable bonds is 11. The van der Waals surface area contributed by atoms with Gasteiger partial charge >= 0.3 is 6.72 Å². The molecule has 2 atom stereocenters. The maximum Gasteiger partial charge on any atom is 0.324 e. The van der Waals surface area contributed by atoms with E-state index in [1.165, 1.54) is 7.11 Å². The zero-order chi connectivity index (χ0) is 14.7. The first-order valence-corrected chi connectivity index (χ1v) is 8.94. The molecule has 2 unspecified atom stereocenters. The summed E-state index contributed by atoms with van der Waals surface area (Å²) in [5.74, 6) is -0.0328. The standard InChI is InChI=1S/C11H24NO5PS/c1-3-11(14)12-7-5-4-6-10(8-13)9-17-18(15,19)16-2/h10,13H,3-9H2,1-2H3,(H,12,14)(H,15,19). The molecule has 8 heteroatoms. The van der Waals surface area contributed by atoms with E-state index in [2.05, 4.69) is 9.84 Å². The van der Waals surface area contributed by atoms with E-state index in [4.69, 9.17) is 16.3 Å². The molecule has 3 N–H and O–H groups in total. The van der Waals surface area contributed by atoms with E-state index in [1.54, 1.807) is 0 Å². The predicted octanol–water partition coefficient (Wildman–Crippen LogP) is 1.17. The first kappa shape index (κ1) is 19.0. The molecule has 0 aliphatic carbocycles. The number of unbranched alkanes of at least 4 members (excludes halogenated alkanes) is 1. The van der Waals surface area contributed by atoms with Crippen molar-refractivity contribution in [2.75, 3.05) is 26.9 Å². The Kier molecular flexibility index (Phi) is 10.7. The van der Waals surface area contributed by atoms with Crippen LogP contribution in [0.3, 0.4) is 0 Å². The van der Waals surface area contributed by atoms with Crippen LogP contribution in [0.1, 0.15) is 32.6 Å². The van der Waals surface area contributed by atoms with E-state index >= 15 is 0 Å². The molecule has 0 aromatic heterocycles. The van der Waals surface area contributed by atoms with Crippen LogP contribution < -0.4 is 5.32 Å². The fraction of sp³-hybridized carbons (Fsp3) is 0.909. The van der Waals surface area contributed by atoms with Crippen LogP contribution in [-0.2, 0) is 25.6 Å². The number of aliphatic hydroxyl groups is 1. The molecule has 1 amide bonds. The van der Waals surface area contributed by atoms with Crippen LogP contribution in [0, 0.1) is 5.92 Å². The molecule has 0 spiro atoms. The monoisotopic (exact) mass is 313 g/mol. The predicted molar refractivity (Wildman–Crippen MR) is 77.2 cm³/mol. The number of aliphatic hydroxyl groups excluding tert-OH is 1. The molecule has 19 heavy (non-hydrogen) atoms. The zero-order valence-electron chi connectivity index (χ0n) is 11.5. The minimum absolute atomic E-state index is 0.0274. The normalized spacial score (nSPS) is 15.8. The quantitative estimate of drug-likeness (QED) is 0.392. The number of carbonyl (C=O) groups excluding carboxylic acids is 1. The fourth-order valence-electron chi connectivity index (χ4n) is 1.39. The van der Waals surface area contributed by atoms with Crippen molar-refractivity contribution >= 4 is 24.4 Å². The zero-order valence-corrected chi connectivity index (χ0v) is 13.2. The molecule has 0 bridgehead atoms. The Hall–Kier alpha value is -0.0400. The van der Waals surface area contributed by atoms with Gasteiger partial charge in [0, 0.05) is 32.6 Å². The lowest BCUT2D eigenvalue weighted by atomic mass is 10.0. The summed E-state index contributed by atoms with van der Waals surface area (Å²) in [6.45, 7) is -0.535. The van der Waals surface area contributed by atoms with E-state index in [9.17, 15) is 14.8 Å². The van der Waals surface area contributed by atoms with Crippen LogP contribution in [0.15, 0.2) is 0 Å². The average molecular weight is 313 g/mol. The minimum Gasteiger partial charge on any atom is -0.396 e. The number of carbonyl (C=O) groups is 1. The summed E-state index contributed by atoms with van der Waals surface area (Å²) < 4.78 is 9.72. The maximum atomic E-state index is 11.0. The highest BCUT2D eigenvalue weighted by atomic mass is 32.5. The lowest BCUT2D eigenvalue weighted by molar-refractivity contribution is -0.120. The van der Waals surface area contributed by atoms with Gasteiger partial charge in [-0.2, -0.15) is 0 Å². The Morgan fingerprint density at radius 2 is 2.16 bits per heavy atom. The van der Waals surface area contributed by atoms with Gasteiger partial charge in [-0.25, -0.2) is 0 Å². The van der Waals surface area contributed by atoms with Crippen LogP contribution >= 0.6 is 6.72 Å². The largest absolute Gasteiger partial charge is 0.396 e. The molecule has 0 fully saturated rings. The number of nitrogens with one attached hydrogen (secondary N) is 1. The molecule has 0 aliphatic heterocycles. The lowest BCUT2D eigenvalue weighted by Crippen LogP contribution is -2.23. The summed E-state index contributed by atoms with van der Waals surface area (Å²) in [6, 6.07) is 0. The van der Waals surface area contributed by atoms with E-state index in [0.717, 1.165) is 19.3 Å². The molecule has 0 saturated carbocycles. The van der Waals surface area contributed by atoms with Crippen LogP contribution in [0.5, 0.6) is 0 Å².